The number of aromatic nitrogens is 1. The fraction of sp³-hybridized carbons (Fsp3) is 0.312. The van der Waals surface area contributed by atoms with Crippen LogP contribution >= 0.6 is 0 Å². The molecule has 0 aliphatic rings. The Morgan fingerprint density at radius 2 is 2.05 bits per heavy atom. The standard InChI is InChI=1S/C16H20FN3O/c1-10-9-19-14(11(2)16(10)21-3)8-15(20-18)12-6-4-5-7-13(12)17/h4-7,9,15,20H,8,18H2,1-3H3. The summed E-state index contributed by atoms with van der Waals surface area (Å²) in [5.41, 5.74) is 5.96. The first-order chi connectivity index (χ1) is 10.1. The first kappa shape index (κ1) is 15.4. The van der Waals surface area contributed by atoms with Gasteiger partial charge in [0.15, 0.2) is 0 Å². The maximum Gasteiger partial charge on any atom is 0.128 e. The van der Waals surface area contributed by atoms with Crippen LogP contribution in [0.15, 0.2) is 30.5 Å². The molecule has 0 saturated heterocycles. The van der Waals surface area contributed by atoms with Crippen LogP contribution in [0, 0.1) is 19.7 Å². The lowest BCUT2D eigenvalue weighted by Crippen LogP contribution is -2.30. The SMILES string of the molecule is COc1c(C)cnc(CC(NN)c2ccccc2F)c1C. The van der Waals surface area contributed by atoms with Gasteiger partial charge in [-0.3, -0.25) is 16.3 Å². The molecule has 2 aromatic rings. The largest absolute Gasteiger partial charge is 0.496 e. The van der Waals surface area contributed by atoms with Gasteiger partial charge in [0.2, 0.25) is 0 Å². The smallest absolute Gasteiger partial charge is 0.128 e. The van der Waals surface area contributed by atoms with Crippen LogP contribution in [-0.2, 0) is 6.42 Å². The van der Waals surface area contributed by atoms with E-state index >= 15 is 0 Å². The summed E-state index contributed by atoms with van der Waals surface area (Å²) < 4.78 is 19.3. The highest BCUT2D eigenvalue weighted by Crippen LogP contribution is 2.27. The number of nitrogens with one attached hydrogen (secondary N) is 1. The lowest BCUT2D eigenvalue weighted by Gasteiger charge is -2.19. The molecular formula is C16H20FN3O. The van der Waals surface area contributed by atoms with Gasteiger partial charge in [0.1, 0.15) is 11.6 Å². The molecule has 0 aliphatic heterocycles. The van der Waals surface area contributed by atoms with E-state index in [4.69, 9.17) is 10.6 Å². The Labute approximate surface area is 124 Å². The number of rotatable bonds is 5. The van der Waals surface area contributed by atoms with Gasteiger partial charge in [-0.15, -0.1) is 0 Å². The van der Waals surface area contributed by atoms with Gasteiger partial charge in [0.25, 0.3) is 0 Å². The number of halogens is 1. The molecule has 1 unspecified atom stereocenters. The molecule has 1 atom stereocenters. The molecule has 21 heavy (non-hydrogen) atoms. The van der Waals surface area contributed by atoms with Gasteiger partial charge >= 0.3 is 0 Å². The Bertz CT molecular complexity index is 631. The molecule has 0 fully saturated rings. The average Bonchev–Trinajstić information content (AvgIpc) is 2.48. The summed E-state index contributed by atoms with van der Waals surface area (Å²) in [6, 6.07) is 6.25. The Morgan fingerprint density at radius 1 is 1.33 bits per heavy atom. The molecule has 2 rings (SSSR count). The van der Waals surface area contributed by atoms with Crippen molar-refractivity contribution >= 4 is 0 Å². The van der Waals surface area contributed by atoms with Crippen LogP contribution in [0.1, 0.15) is 28.4 Å². The fourth-order valence-corrected chi connectivity index (χ4v) is 2.49. The van der Waals surface area contributed by atoms with Crippen LogP contribution in [0.3, 0.4) is 0 Å². The second-order valence-corrected chi connectivity index (χ2v) is 4.99. The number of nitrogens with two attached hydrogens (primary N) is 1. The van der Waals surface area contributed by atoms with E-state index in [1.54, 1.807) is 31.5 Å². The molecule has 1 aromatic heterocycles. The Balaban J connectivity index is 2.34. The molecule has 0 radical (unpaired) electrons. The van der Waals surface area contributed by atoms with Crippen molar-refractivity contribution in [1.29, 1.82) is 0 Å². The van der Waals surface area contributed by atoms with E-state index in [9.17, 15) is 4.39 Å². The number of nitrogens with zero attached hydrogens (tertiary/aromatic N) is 1. The average molecular weight is 289 g/mol. The lowest BCUT2D eigenvalue weighted by atomic mass is 9.99. The molecule has 0 amide bonds. The number of hydrogen-bond donors (Lipinski definition) is 2. The predicted molar refractivity (Wildman–Crippen MR) is 80.4 cm³/mol. The molecule has 3 N–H and O–H groups in total. The number of pyridine rings is 1. The van der Waals surface area contributed by atoms with E-state index in [0.717, 1.165) is 22.6 Å². The monoisotopic (exact) mass is 289 g/mol. The molecule has 0 bridgehead atoms. The second kappa shape index (κ2) is 6.65. The quantitative estimate of drug-likeness (QED) is 0.656. The van der Waals surface area contributed by atoms with Gasteiger partial charge in [-0.05, 0) is 19.9 Å². The minimum absolute atomic E-state index is 0.280. The number of aryl methyl sites for hydroxylation is 1. The van der Waals surface area contributed by atoms with Gasteiger partial charge in [0, 0.05) is 35.0 Å². The van der Waals surface area contributed by atoms with Gasteiger partial charge in [-0.2, -0.15) is 0 Å². The molecule has 1 heterocycles. The Morgan fingerprint density at radius 3 is 2.67 bits per heavy atom. The summed E-state index contributed by atoms with van der Waals surface area (Å²) in [6.07, 6.45) is 2.25. The topological polar surface area (TPSA) is 60.2 Å². The zero-order chi connectivity index (χ0) is 15.4. The Kier molecular flexibility index (Phi) is 4.88. The van der Waals surface area contributed by atoms with Gasteiger partial charge in [0.05, 0.1) is 13.2 Å². The molecular weight excluding hydrogens is 269 g/mol. The number of hydrogen-bond acceptors (Lipinski definition) is 4. The molecule has 0 saturated carbocycles. The number of methoxy groups -OCH3 is 1. The highest BCUT2D eigenvalue weighted by molar-refractivity contribution is 5.41. The van der Waals surface area contributed by atoms with Crippen LogP contribution in [0.5, 0.6) is 5.75 Å². The minimum Gasteiger partial charge on any atom is -0.496 e. The van der Waals surface area contributed by atoms with Crippen LogP contribution < -0.4 is 16.0 Å². The Hall–Kier alpha value is -1.98. The zero-order valence-corrected chi connectivity index (χ0v) is 12.5. The number of ether oxygens (including phenoxy) is 1. The van der Waals surface area contributed by atoms with E-state index in [2.05, 4.69) is 10.4 Å². The van der Waals surface area contributed by atoms with Gasteiger partial charge in [-0.25, -0.2) is 4.39 Å². The van der Waals surface area contributed by atoms with Crippen molar-refractivity contribution in [2.45, 2.75) is 26.3 Å². The number of benzene rings is 1. The zero-order valence-electron chi connectivity index (χ0n) is 12.5. The van der Waals surface area contributed by atoms with Crippen molar-refractivity contribution in [1.82, 2.24) is 10.4 Å². The summed E-state index contributed by atoms with van der Waals surface area (Å²) >= 11 is 0. The van der Waals surface area contributed by atoms with E-state index in [1.807, 2.05) is 13.8 Å². The van der Waals surface area contributed by atoms with Crippen molar-refractivity contribution in [3.05, 3.63) is 58.7 Å². The van der Waals surface area contributed by atoms with Gasteiger partial charge in [-0.1, -0.05) is 18.2 Å². The highest BCUT2D eigenvalue weighted by atomic mass is 19.1. The molecule has 0 spiro atoms. The van der Waals surface area contributed by atoms with Crippen molar-refractivity contribution in [2.24, 2.45) is 5.84 Å². The summed E-state index contributed by atoms with van der Waals surface area (Å²) in [5, 5.41) is 0. The van der Waals surface area contributed by atoms with Crippen molar-refractivity contribution in [3.63, 3.8) is 0 Å². The maximum atomic E-state index is 13.9. The van der Waals surface area contributed by atoms with E-state index in [-0.39, 0.29) is 11.9 Å². The summed E-state index contributed by atoms with van der Waals surface area (Å²) in [5.74, 6) is 6.13. The number of hydrazine groups is 1. The third-order valence-electron chi connectivity index (χ3n) is 3.63. The summed E-state index contributed by atoms with van der Waals surface area (Å²) in [6.45, 7) is 3.89. The highest BCUT2D eigenvalue weighted by Gasteiger charge is 2.18. The normalized spacial score (nSPS) is 12.2. The van der Waals surface area contributed by atoms with Crippen molar-refractivity contribution in [2.75, 3.05) is 7.11 Å². The molecule has 4 nitrogen and oxygen atoms in total. The molecule has 1 aromatic carbocycles. The summed E-state index contributed by atoms with van der Waals surface area (Å²) in [7, 11) is 1.63. The van der Waals surface area contributed by atoms with Crippen LogP contribution in [-0.4, -0.2) is 12.1 Å². The molecule has 0 aliphatic carbocycles. The lowest BCUT2D eigenvalue weighted by molar-refractivity contribution is 0.406. The third kappa shape index (κ3) is 3.20. The minimum atomic E-state index is -0.343. The third-order valence-corrected chi connectivity index (χ3v) is 3.63. The van der Waals surface area contributed by atoms with E-state index in [0.29, 0.717) is 12.0 Å². The van der Waals surface area contributed by atoms with Crippen LogP contribution in [0.25, 0.3) is 0 Å². The van der Waals surface area contributed by atoms with E-state index in [1.165, 1.54) is 6.07 Å². The maximum absolute atomic E-state index is 13.9. The van der Waals surface area contributed by atoms with Crippen molar-refractivity contribution in [3.8, 4) is 5.75 Å². The molecule has 5 heteroatoms. The second-order valence-electron chi connectivity index (χ2n) is 4.99. The van der Waals surface area contributed by atoms with Crippen molar-refractivity contribution < 1.29 is 9.13 Å². The van der Waals surface area contributed by atoms with E-state index < -0.39 is 0 Å². The first-order valence-electron chi connectivity index (χ1n) is 6.78. The van der Waals surface area contributed by atoms with Crippen LogP contribution in [0.2, 0.25) is 0 Å². The van der Waals surface area contributed by atoms with Gasteiger partial charge < -0.3 is 4.74 Å². The molecule has 112 valence electrons. The first-order valence-corrected chi connectivity index (χ1v) is 6.78. The predicted octanol–water partition coefficient (Wildman–Crippen LogP) is 2.59. The van der Waals surface area contributed by atoms with Crippen LogP contribution in [0.4, 0.5) is 4.39 Å². The summed E-state index contributed by atoms with van der Waals surface area (Å²) in [4.78, 5) is 4.43. The fourth-order valence-electron chi connectivity index (χ4n) is 2.49.